The Morgan fingerprint density at radius 2 is 2.17 bits per heavy atom. The maximum atomic E-state index is 12.2. The lowest BCUT2D eigenvalue weighted by atomic mass is 10.2. The summed E-state index contributed by atoms with van der Waals surface area (Å²) in [6, 6.07) is 7.63. The number of benzene rings is 1. The van der Waals surface area contributed by atoms with Crippen LogP contribution in [0.15, 0.2) is 28.7 Å². The minimum atomic E-state index is -0.182. The zero-order valence-electron chi connectivity index (χ0n) is 14.1. The molecule has 0 saturated carbocycles. The van der Waals surface area contributed by atoms with E-state index in [1.54, 1.807) is 6.08 Å². The minimum absolute atomic E-state index is 0.0905. The molecule has 0 aliphatic rings. The van der Waals surface area contributed by atoms with E-state index in [1.165, 1.54) is 11.0 Å². The largest absolute Gasteiger partial charge is 0.491 e. The summed E-state index contributed by atoms with van der Waals surface area (Å²) < 4.78 is 11.9. The first kappa shape index (κ1) is 20.2. The third kappa shape index (κ3) is 7.16. The number of ether oxygens (including phenoxy) is 2. The highest BCUT2D eigenvalue weighted by atomic mass is 79.9. The average Bonchev–Trinajstić information content (AvgIpc) is 2.57. The Morgan fingerprint density at radius 1 is 1.38 bits per heavy atom. The second kappa shape index (κ2) is 11.7. The van der Waals surface area contributed by atoms with Crippen LogP contribution in [0.25, 0.3) is 6.08 Å². The molecule has 0 radical (unpaired) electrons. The number of nitriles is 1. The van der Waals surface area contributed by atoms with Crippen LogP contribution in [-0.2, 0) is 9.53 Å². The van der Waals surface area contributed by atoms with E-state index in [9.17, 15) is 4.79 Å². The molecule has 1 rings (SSSR count). The summed E-state index contributed by atoms with van der Waals surface area (Å²) in [5.74, 6) is 0.503. The Labute approximate surface area is 152 Å². The Balaban J connectivity index is 2.82. The van der Waals surface area contributed by atoms with Crippen LogP contribution in [0.2, 0.25) is 0 Å². The summed E-state index contributed by atoms with van der Waals surface area (Å²) in [6.45, 7) is 6.17. The van der Waals surface area contributed by atoms with Gasteiger partial charge in [0.1, 0.15) is 18.9 Å². The highest BCUT2D eigenvalue weighted by molar-refractivity contribution is 9.10. The van der Waals surface area contributed by atoms with Crippen molar-refractivity contribution < 1.29 is 14.3 Å². The van der Waals surface area contributed by atoms with E-state index in [2.05, 4.69) is 15.9 Å². The molecule has 0 saturated heterocycles. The van der Waals surface area contributed by atoms with Crippen molar-refractivity contribution in [2.24, 2.45) is 0 Å². The summed E-state index contributed by atoms with van der Waals surface area (Å²) in [4.78, 5) is 13.7. The fourth-order valence-electron chi connectivity index (χ4n) is 2.02. The van der Waals surface area contributed by atoms with E-state index in [1.807, 2.05) is 38.1 Å². The highest BCUT2D eigenvalue weighted by Gasteiger charge is 2.09. The van der Waals surface area contributed by atoms with Gasteiger partial charge in [0, 0.05) is 29.3 Å². The van der Waals surface area contributed by atoms with Crippen molar-refractivity contribution in [2.75, 3.05) is 32.9 Å². The zero-order valence-corrected chi connectivity index (χ0v) is 15.7. The van der Waals surface area contributed by atoms with Crippen molar-refractivity contribution in [3.05, 3.63) is 34.3 Å². The van der Waals surface area contributed by atoms with Gasteiger partial charge in [-0.15, -0.1) is 0 Å². The maximum Gasteiger partial charge on any atom is 0.247 e. The lowest BCUT2D eigenvalue weighted by Crippen LogP contribution is -2.30. The Kier molecular flexibility index (Phi) is 9.81. The van der Waals surface area contributed by atoms with Crippen LogP contribution in [0.3, 0.4) is 0 Å². The summed E-state index contributed by atoms with van der Waals surface area (Å²) in [7, 11) is 0. The molecule has 1 amide bonds. The monoisotopic (exact) mass is 394 g/mol. The molecule has 0 aliphatic heterocycles. The summed E-state index contributed by atoms with van der Waals surface area (Å²) >= 11 is 3.42. The molecule has 24 heavy (non-hydrogen) atoms. The molecule has 0 aromatic heterocycles. The predicted octanol–water partition coefficient (Wildman–Crippen LogP) is 3.64. The first-order valence-corrected chi connectivity index (χ1v) is 8.75. The molecule has 0 spiro atoms. The normalized spacial score (nSPS) is 10.6. The lowest BCUT2D eigenvalue weighted by molar-refractivity contribution is -0.125. The van der Waals surface area contributed by atoms with Gasteiger partial charge >= 0.3 is 0 Å². The van der Waals surface area contributed by atoms with Crippen molar-refractivity contribution in [2.45, 2.75) is 20.3 Å². The van der Waals surface area contributed by atoms with Gasteiger partial charge in [0.2, 0.25) is 5.91 Å². The lowest BCUT2D eigenvalue weighted by Gasteiger charge is -2.16. The van der Waals surface area contributed by atoms with Gasteiger partial charge in [-0.25, -0.2) is 0 Å². The number of halogens is 1. The van der Waals surface area contributed by atoms with E-state index in [4.69, 9.17) is 14.7 Å². The Bertz CT molecular complexity index is 596. The quantitative estimate of drug-likeness (QED) is 0.345. The summed E-state index contributed by atoms with van der Waals surface area (Å²) in [5, 5.41) is 8.81. The summed E-state index contributed by atoms with van der Waals surface area (Å²) in [5.41, 5.74) is 0.794. The van der Waals surface area contributed by atoms with Crippen LogP contribution in [0.5, 0.6) is 5.75 Å². The molecule has 6 heteroatoms. The molecule has 0 bridgehead atoms. The number of rotatable bonds is 10. The smallest absolute Gasteiger partial charge is 0.247 e. The molecule has 0 fully saturated rings. The number of carbonyl (C=O) groups excluding carboxylic acids is 1. The van der Waals surface area contributed by atoms with Crippen LogP contribution in [0, 0.1) is 11.3 Å². The molecule has 0 unspecified atom stereocenters. The van der Waals surface area contributed by atoms with Crippen LogP contribution in [0.4, 0.5) is 0 Å². The molecular weight excluding hydrogens is 372 g/mol. The molecule has 0 aliphatic carbocycles. The summed E-state index contributed by atoms with van der Waals surface area (Å²) in [6.07, 6.45) is 4.00. The highest BCUT2D eigenvalue weighted by Crippen LogP contribution is 2.24. The molecule has 1 aromatic rings. The molecular formula is C18H23BrN2O3. The molecule has 0 N–H and O–H groups in total. The van der Waals surface area contributed by atoms with Gasteiger partial charge in [0.25, 0.3) is 0 Å². The molecule has 1 aromatic carbocycles. The van der Waals surface area contributed by atoms with Crippen molar-refractivity contribution in [1.82, 2.24) is 4.90 Å². The van der Waals surface area contributed by atoms with Crippen molar-refractivity contribution in [1.29, 1.82) is 5.26 Å². The second-order valence-electron chi connectivity index (χ2n) is 4.98. The van der Waals surface area contributed by atoms with Crippen molar-refractivity contribution in [3.8, 4) is 11.8 Å². The SMILES string of the molecule is CCCN(CC#N)C(=O)/C=C/c1cc(Br)ccc1OCCOCC. The number of amides is 1. The second-order valence-corrected chi connectivity index (χ2v) is 5.89. The Hall–Kier alpha value is -1.84. The van der Waals surface area contributed by atoms with E-state index < -0.39 is 0 Å². The first-order chi connectivity index (χ1) is 11.6. The third-order valence-corrected chi connectivity index (χ3v) is 3.63. The predicted molar refractivity (Wildman–Crippen MR) is 97.6 cm³/mol. The first-order valence-electron chi connectivity index (χ1n) is 7.96. The Morgan fingerprint density at radius 3 is 2.83 bits per heavy atom. The van der Waals surface area contributed by atoms with Gasteiger partial charge in [-0.2, -0.15) is 5.26 Å². The van der Waals surface area contributed by atoms with Gasteiger partial charge in [0.05, 0.1) is 12.7 Å². The fraction of sp³-hybridized carbons (Fsp3) is 0.444. The van der Waals surface area contributed by atoms with Crippen LogP contribution in [0.1, 0.15) is 25.8 Å². The topological polar surface area (TPSA) is 62.6 Å². The minimum Gasteiger partial charge on any atom is -0.491 e. The van der Waals surface area contributed by atoms with Crippen LogP contribution in [-0.4, -0.2) is 43.7 Å². The number of nitrogens with zero attached hydrogens (tertiary/aromatic N) is 2. The van der Waals surface area contributed by atoms with Crippen LogP contribution >= 0.6 is 15.9 Å². The molecule has 5 nitrogen and oxygen atoms in total. The number of carbonyl (C=O) groups is 1. The van der Waals surface area contributed by atoms with Crippen LogP contribution < -0.4 is 4.74 Å². The zero-order chi connectivity index (χ0) is 17.8. The standard InChI is InChI=1S/C18H23BrN2O3/c1-3-10-21(11-9-20)18(22)8-5-15-14-16(19)6-7-17(15)24-13-12-23-4-2/h5-8,14H,3-4,10-13H2,1-2H3/b8-5+. The molecule has 0 heterocycles. The van der Waals surface area contributed by atoms with Gasteiger partial charge in [-0.05, 0) is 37.6 Å². The van der Waals surface area contributed by atoms with Gasteiger partial charge in [0.15, 0.2) is 0 Å². The number of hydrogen-bond donors (Lipinski definition) is 0. The maximum absolute atomic E-state index is 12.2. The van der Waals surface area contributed by atoms with Crippen molar-refractivity contribution >= 4 is 27.9 Å². The van der Waals surface area contributed by atoms with E-state index in [0.717, 1.165) is 16.5 Å². The van der Waals surface area contributed by atoms with Gasteiger partial charge in [-0.3, -0.25) is 4.79 Å². The van der Waals surface area contributed by atoms with E-state index in [0.29, 0.717) is 32.1 Å². The van der Waals surface area contributed by atoms with E-state index in [-0.39, 0.29) is 12.5 Å². The molecule has 0 atom stereocenters. The fourth-order valence-corrected chi connectivity index (χ4v) is 2.40. The van der Waals surface area contributed by atoms with Gasteiger partial charge < -0.3 is 14.4 Å². The van der Waals surface area contributed by atoms with Gasteiger partial charge in [-0.1, -0.05) is 22.9 Å². The number of hydrogen-bond acceptors (Lipinski definition) is 4. The molecule has 130 valence electrons. The van der Waals surface area contributed by atoms with Crippen molar-refractivity contribution in [3.63, 3.8) is 0 Å². The van der Waals surface area contributed by atoms with E-state index >= 15 is 0 Å². The average molecular weight is 395 g/mol. The third-order valence-electron chi connectivity index (χ3n) is 3.13.